The summed E-state index contributed by atoms with van der Waals surface area (Å²) in [7, 11) is 0. The standard InChI is InChI=1S/C23H31ClN6O3/c1-15-4-6-26-28(15)7-3-5-25-19(31)13-22-9-17-8-18(10-22)12-23(11-17,14-22)29-16(2)20(24)21(27-29)30(32)33/h4,6,17-18H,3,5,7-14H2,1-2H3,(H,25,31). The number of nitrogens with one attached hydrogen (secondary N) is 1. The van der Waals surface area contributed by atoms with Crippen molar-refractivity contribution in [2.24, 2.45) is 17.3 Å². The molecule has 178 valence electrons. The van der Waals surface area contributed by atoms with Crippen molar-refractivity contribution >= 4 is 23.3 Å². The third-order valence-corrected chi connectivity index (χ3v) is 8.58. The highest BCUT2D eigenvalue weighted by Crippen LogP contribution is 2.65. The lowest BCUT2D eigenvalue weighted by molar-refractivity contribution is -0.389. The van der Waals surface area contributed by atoms with Crippen LogP contribution in [0.5, 0.6) is 0 Å². The van der Waals surface area contributed by atoms with Crippen molar-refractivity contribution < 1.29 is 9.72 Å². The van der Waals surface area contributed by atoms with E-state index in [0.29, 0.717) is 30.5 Å². The normalized spacial score (nSPS) is 30.0. The second-order valence-corrected chi connectivity index (χ2v) is 11.0. The minimum atomic E-state index is -0.500. The highest BCUT2D eigenvalue weighted by Gasteiger charge is 2.60. The first-order valence-corrected chi connectivity index (χ1v) is 12.2. The van der Waals surface area contributed by atoms with Crippen molar-refractivity contribution in [1.82, 2.24) is 24.9 Å². The summed E-state index contributed by atoms with van der Waals surface area (Å²) in [6.07, 6.45) is 9.21. The second kappa shape index (κ2) is 8.11. The summed E-state index contributed by atoms with van der Waals surface area (Å²) in [6.45, 7) is 5.26. The number of aromatic nitrogens is 4. The molecule has 0 spiro atoms. The van der Waals surface area contributed by atoms with Gasteiger partial charge in [-0.15, -0.1) is 0 Å². The molecule has 0 aliphatic heterocycles. The molecule has 0 saturated heterocycles. The Morgan fingerprint density at radius 3 is 2.64 bits per heavy atom. The fourth-order valence-electron chi connectivity index (χ4n) is 7.40. The van der Waals surface area contributed by atoms with E-state index in [1.165, 1.54) is 6.42 Å². The number of aryl methyl sites for hydroxylation is 2. The van der Waals surface area contributed by atoms with Crippen LogP contribution in [0.3, 0.4) is 0 Å². The van der Waals surface area contributed by atoms with Gasteiger partial charge >= 0.3 is 5.82 Å². The lowest BCUT2D eigenvalue weighted by atomic mass is 9.46. The highest BCUT2D eigenvalue weighted by atomic mass is 35.5. The molecule has 6 rings (SSSR count). The molecule has 10 heteroatoms. The van der Waals surface area contributed by atoms with Crippen LogP contribution < -0.4 is 5.32 Å². The van der Waals surface area contributed by atoms with Crippen LogP contribution in [0.25, 0.3) is 0 Å². The molecule has 0 radical (unpaired) electrons. The molecule has 2 aromatic rings. The molecule has 4 aliphatic rings. The predicted molar refractivity (Wildman–Crippen MR) is 123 cm³/mol. The van der Waals surface area contributed by atoms with Crippen molar-refractivity contribution in [3.63, 3.8) is 0 Å². The number of halogens is 1. The first kappa shape index (κ1) is 22.4. The number of hydrogen-bond acceptors (Lipinski definition) is 5. The summed E-state index contributed by atoms with van der Waals surface area (Å²) in [5.74, 6) is 0.904. The zero-order valence-electron chi connectivity index (χ0n) is 19.2. The molecule has 0 aromatic carbocycles. The largest absolute Gasteiger partial charge is 0.408 e. The molecular formula is C23H31ClN6O3. The maximum absolute atomic E-state index is 12.9. The number of carbonyl (C=O) groups excluding carboxylic acids is 1. The van der Waals surface area contributed by atoms with E-state index in [1.54, 1.807) is 6.20 Å². The molecule has 9 nitrogen and oxygen atoms in total. The van der Waals surface area contributed by atoms with E-state index in [0.717, 1.165) is 50.8 Å². The van der Waals surface area contributed by atoms with Gasteiger partial charge < -0.3 is 15.4 Å². The number of nitrogens with zero attached hydrogens (tertiary/aromatic N) is 5. The van der Waals surface area contributed by atoms with Gasteiger partial charge in [-0.05, 0) is 87.0 Å². The van der Waals surface area contributed by atoms with Gasteiger partial charge in [-0.25, -0.2) is 0 Å². The van der Waals surface area contributed by atoms with Crippen LogP contribution in [0, 0.1) is 41.2 Å². The molecule has 2 atom stereocenters. The fourth-order valence-corrected chi connectivity index (χ4v) is 7.58. The summed E-state index contributed by atoms with van der Waals surface area (Å²) in [4.78, 5) is 23.9. The summed E-state index contributed by atoms with van der Waals surface area (Å²) in [6, 6.07) is 1.98. The lowest BCUT2D eigenvalue weighted by Gasteiger charge is -2.61. The zero-order valence-corrected chi connectivity index (χ0v) is 20.0. The molecule has 2 unspecified atom stereocenters. The van der Waals surface area contributed by atoms with Crippen LogP contribution in [-0.4, -0.2) is 36.9 Å². The summed E-state index contributed by atoms with van der Waals surface area (Å²) >= 11 is 6.29. The molecule has 4 saturated carbocycles. The monoisotopic (exact) mass is 474 g/mol. The van der Waals surface area contributed by atoms with E-state index < -0.39 is 4.92 Å². The summed E-state index contributed by atoms with van der Waals surface area (Å²) in [5, 5.41) is 23.3. The Balaban J connectivity index is 1.28. The SMILES string of the molecule is Cc1ccnn1CCCNC(=O)CC12CC3CC(C1)CC(n1nc([N+](=O)[O-])c(Cl)c1C)(C3)C2. The van der Waals surface area contributed by atoms with Crippen LogP contribution in [0.2, 0.25) is 5.02 Å². The van der Waals surface area contributed by atoms with Gasteiger partial charge in [0, 0.05) is 31.4 Å². The lowest BCUT2D eigenvalue weighted by Crippen LogP contribution is -2.58. The minimum Gasteiger partial charge on any atom is -0.358 e. The molecule has 33 heavy (non-hydrogen) atoms. The van der Waals surface area contributed by atoms with Gasteiger partial charge in [0.05, 0.1) is 16.3 Å². The highest BCUT2D eigenvalue weighted by molar-refractivity contribution is 6.33. The Bertz CT molecular complexity index is 1080. The Morgan fingerprint density at radius 1 is 1.30 bits per heavy atom. The molecular weight excluding hydrogens is 444 g/mol. The molecule has 2 heterocycles. The fraction of sp³-hybridized carbons (Fsp3) is 0.696. The number of carbonyl (C=O) groups is 1. The summed E-state index contributed by atoms with van der Waals surface area (Å²) < 4.78 is 3.80. The van der Waals surface area contributed by atoms with Gasteiger partial charge in [0.15, 0.2) is 5.02 Å². The van der Waals surface area contributed by atoms with Crippen molar-refractivity contribution in [2.45, 2.75) is 77.3 Å². The van der Waals surface area contributed by atoms with Crippen molar-refractivity contribution in [2.75, 3.05) is 6.54 Å². The Labute approximate surface area is 198 Å². The van der Waals surface area contributed by atoms with Gasteiger partial charge in [-0.2, -0.15) is 9.78 Å². The van der Waals surface area contributed by atoms with Crippen molar-refractivity contribution in [3.8, 4) is 0 Å². The van der Waals surface area contributed by atoms with Gasteiger partial charge in [-0.3, -0.25) is 9.48 Å². The van der Waals surface area contributed by atoms with Gasteiger partial charge in [0.2, 0.25) is 5.91 Å². The average molecular weight is 475 g/mol. The topological polar surface area (TPSA) is 108 Å². The minimum absolute atomic E-state index is 0.0631. The molecule has 4 bridgehead atoms. The maximum Gasteiger partial charge on any atom is 0.408 e. The van der Waals surface area contributed by atoms with Crippen molar-refractivity contribution in [3.05, 3.63) is 38.8 Å². The smallest absolute Gasteiger partial charge is 0.358 e. The van der Waals surface area contributed by atoms with Crippen molar-refractivity contribution in [1.29, 1.82) is 0 Å². The van der Waals surface area contributed by atoms with E-state index in [-0.39, 0.29) is 27.7 Å². The van der Waals surface area contributed by atoms with Crippen LogP contribution in [-0.2, 0) is 16.9 Å². The summed E-state index contributed by atoms with van der Waals surface area (Å²) in [5.41, 5.74) is 1.45. The maximum atomic E-state index is 12.9. The molecule has 1 N–H and O–H groups in total. The Kier molecular flexibility index (Phi) is 5.50. The first-order valence-electron chi connectivity index (χ1n) is 11.9. The number of nitro groups is 1. The quantitative estimate of drug-likeness (QED) is 0.351. The van der Waals surface area contributed by atoms with Gasteiger partial charge in [-0.1, -0.05) is 11.6 Å². The van der Waals surface area contributed by atoms with E-state index >= 15 is 0 Å². The second-order valence-electron chi connectivity index (χ2n) is 10.7. The van der Waals surface area contributed by atoms with E-state index in [4.69, 9.17) is 11.6 Å². The van der Waals surface area contributed by atoms with Crippen LogP contribution >= 0.6 is 11.6 Å². The number of hydrogen-bond donors (Lipinski definition) is 1. The van der Waals surface area contributed by atoms with Gasteiger partial charge in [0.25, 0.3) is 0 Å². The predicted octanol–water partition coefficient (Wildman–Crippen LogP) is 4.15. The molecule has 4 fully saturated rings. The third-order valence-electron chi connectivity index (χ3n) is 8.13. The molecule has 4 aliphatic carbocycles. The van der Waals surface area contributed by atoms with E-state index in [9.17, 15) is 14.9 Å². The van der Waals surface area contributed by atoms with Crippen LogP contribution in [0.15, 0.2) is 12.3 Å². The van der Waals surface area contributed by atoms with Crippen LogP contribution in [0.4, 0.5) is 5.82 Å². The number of rotatable bonds is 8. The average Bonchev–Trinajstić information content (AvgIpc) is 3.27. The van der Waals surface area contributed by atoms with Crippen LogP contribution in [0.1, 0.15) is 62.8 Å². The third kappa shape index (κ3) is 3.94. The van der Waals surface area contributed by atoms with E-state index in [1.807, 2.05) is 29.3 Å². The van der Waals surface area contributed by atoms with E-state index in [2.05, 4.69) is 15.5 Å². The molecule has 2 aromatic heterocycles. The number of amides is 1. The first-order chi connectivity index (χ1) is 15.7. The van der Waals surface area contributed by atoms with Gasteiger partial charge in [0.1, 0.15) is 0 Å². The molecule has 1 amide bonds. The zero-order chi connectivity index (χ0) is 23.4. The Hall–Kier alpha value is -2.42. The Morgan fingerprint density at radius 2 is 2.03 bits per heavy atom.